The molecule has 1 aliphatic rings. The van der Waals surface area contributed by atoms with Gasteiger partial charge in [-0.05, 0) is 19.1 Å². The van der Waals surface area contributed by atoms with E-state index in [9.17, 15) is 13.2 Å². The van der Waals surface area contributed by atoms with Crippen LogP contribution in [0.3, 0.4) is 0 Å². The smallest absolute Gasteiger partial charge is 0.371 e. The van der Waals surface area contributed by atoms with E-state index in [2.05, 4.69) is 0 Å². The van der Waals surface area contributed by atoms with Crippen LogP contribution in [0.4, 0.5) is 0 Å². The topological polar surface area (TPSA) is 97.0 Å². The Morgan fingerprint density at radius 1 is 1.30 bits per heavy atom. The second-order valence-electron chi connectivity index (χ2n) is 5.21. The zero-order valence-corrected chi connectivity index (χ0v) is 13.1. The molecule has 1 aliphatic heterocycles. The number of aryl methyl sites for hydroxylation is 1. The molecular weight excluding hydrogens is 322 g/mol. The summed E-state index contributed by atoms with van der Waals surface area (Å²) in [7, 11) is -3.77. The van der Waals surface area contributed by atoms with Crippen LogP contribution >= 0.6 is 0 Å². The number of hydrogen-bond acceptors (Lipinski definition) is 5. The van der Waals surface area contributed by atoms with Gasteiger partial charge in [-0.25, -0.2) is 13.2 Å². The second kappa shape index (κ2) is 5.71. The first kappa shape index (κ1) is 15.6. The van der Waals surface area contributed by atoms with Crippen molar-refractivity contribution in [2.24, 2.45) is 0 Å². The fraction of sp³-hybridized carbons (Fsp3) is 0.267. The molecular formula is C15H15NO6S. The van der Waals surface area contributed by atoms with Crippen molar-refractivity contribution in [3.05, 3.63) is 47.9 Å². The van der Waals surface area contributed by atoms with Crippen molar-refractivity contribution >= 4 is 16.0 Å². The SMILES string of the molecule is Cc1oc(C(=O)O)cc1S(=O)(=O)N1CC(Oc2ccccc2)C1. The number of ether oxygens (including phenoxy) is 1. The maximum atomic E-state index is 12.5. The molecule has 0 spiro atoms. The van der Waals surface area contributed by atoms with Crippen LogP contribution in [0.1, 0.15) is 16.3 Å². The van der Waals surface area contributed by atoms with Crippen molar-refractivity contribution in [2.75, 3.05) is 13.1 Å². The number of hydrogen-bond donors (Lipinski definition) is 1. The Hall–Kier alpha value is -2.32. The summed E-state index contributed by atoms with van der Waals surface area (Å²) in [6, 6.07) is 10.2. The fourth-order valence-corrected chi connectivity index (χ4v) is 3.99. The number of carbonyl (C=O) groups is 1. The molecule has 23 heavy (non-hydrogen) atoms. The van der Waals surface area contributed by atoms with E-state index in [0.29, 0.717) is 5.75 Å². The molecule has 7 nitrogen and oxygen atoms in total. The van der Waals surface area contributed by atoms with Gasteiger partial charge in [0.05, 0.1) is 13.1 Å². The third-order valence-electron chi connectivity index (χ3n) is 3.56. The van der Waals surface area contributed by atoms with Crippen molar-refractivity contribution < 1.29 is 27.5 Å². The molecule has 1 aromatic heterocycles. The van der Waals surface area contributed by atoms with Gasteiger partial charge in [0.25, 0.3) is 0 Å². The molecule has 3 rings (SSSR count). The summed E-state index contributed by atoms with van der Waals surface area (Å²) in [5.74, 6) is -0.945. The van der Waals surface area contributed by atoms with E-state index >= 15 is 0 Å². The van der Waals surface area contributed by atoms with Crippen LogP contribution in [0.15, 0.2) is 45.7 Å². The summed E-state index contributed by atoms with van der Waals surface area (Å²) in [5, 5.41) is 8.88. The average Bonchev–Trinajstić information content (AvgIpc) is 2.86. The molecule has 0 amide bonds. The molecule has 1 N–H and O–H groups in total. The minimum absolute atomic E-state index is 0.0647. The first-order chi connectivity index (χ1) is 10.9. The predicted molar refractivity (Wildman–Crippen MR) is 80.0 cm³/mol. The molecule has 0 atom stereocenters. The van der Waals surface area contributed by atoms with Gasteiger partial charge in [0.1, 0.15) is 22.5 Å². The Kier molecular flexibility index (Phi) is 3.87. The van der Waals surface area contributed by atoms with Gasteiger partial charge in [0.15, 0.2) is 0 Å². The third kappa shape index (κ3) is 2.95. The summed E-state index contributed by atoms with van der Waals surface area (Å²) in [6.45, 7) is 1.85. The number of nitrogens with zero attached hydrogens (tertiary/aromatic N) is 1. The number of carboxylic acid groups (broad SMARTS) is 1. The highest BCUT2D eigenvalue weighted by molar-refractivity contribution is 7.89. The Morgan fingerprint density at radius 3 is 2.52 bits per heavy atom. The Labute approximate surface area is 133 Å². The molecule has 1 aromatic carbocycles. The van der Waals surface area contributed by atoms with Gasteiger partial charge in [0.2, 0.25) is 15.8 Å². The molecule has 0 unspecified atom stereocenters. The minimum Gasteiger partial charge on any atom is -0.488 e. The van der Waals surface area contributed by atoms with Crippen molar-refractivity contribution in [2.45, 2.75) is 17.9 Å². The highest BCUT2D eigenvalue weighted by Crippen LogP contribution is 2.28. The van der Waals surface area contributed by atoms with Gasteiger partial charge >= 0.3 is 5.97 Å². The van der Waals surface area contributed by atoms with E-state index in [4.69, 9.17) is 14.3 Å². The minimum atomic E-state index is -3.77. The van der Waals surface area contributed by atoms with Crippen molar-refractivity contribution in [3.8, 4) is 5.75 Å². The van der Waals surface area contributed by atoms with E-state index in [1.54, 1.807) is 12.1 Å². The van der Waals surface area contributed by atoms with Gasteiger partial charge in [0, 0.05) is 6.07 Å². The maximum absolute atomic E-state index is 12.5. The summed E-state index contributed by atoms with van der Waals surface area (Å²) >= 11 is 0. The van der Waals surface area contributed by atoms with Crippen LogP contribution in [0.5, 0.6) is 5.75 Å². The zero-order valence-electron chi connectivity index (χ0n) is 12.3. The lowest BCUT2D eigenvalue weighted by molar-refractivity contribution is 0.0661. The monoisotopic (exact) mass is 337 g/mol. The molecule has 2 aromatic rings. The number of furan rings is 1. The molecule has 0 saturated carbocycles. The summed E-state index contributed by atoms with van der Waals surface area (Å²) in [5.41, 5.74) is 0. The van der Waals surface area contributed by atoms with Crippen LogP contribution < -0.4 is 4.74 Å². The van der Waals surface area contributed by atoms with E-state index < -0.39 is 21.8 Å². The average molecular weight is 337 g/mol. The number of carboxylic acids is 1. The van der Waals surface area contributed by atoms with E-state index in [-0.39, 0.29) is 29.8 Å². The molecule has 2 heterocycles. The third-order valence-corrected chi connectivity index (χ3v) is 5.50. The number of para-hydroxylation sites is 1. The van der Waals surface area contributed by atoms with E-state index in [1.165, 1.54) is 11.2 Å². The lowest BCUT2D eigenvalue weighted by Gasteiger charge is -2.37. The quantitative estimate of drug-likeness (QED) is 0.892. The molecule has 0 radical (unpaired) electrons. The highest BCUT2D eigenvalue weighted by Gasteiger charge is 2.40. The number of sulfonamides is 1. The number of aromatic carboxylic acids is 1. The molecule has 122 valence electrons. The van der Waals surface area contributed by atoms with E-state index in [0.717, 1.165) is 6.07 Å². The van der Waals surface area contributed by atoms with Crippen molar-refractivity contribution in [1.29, 1.82) is 0 Å². The van der Waals surface area contributed by atoms with Gasteiger partial charge < -0.3 is 14.3 Å². The Bertz CT molecular complexity index is 821. The standard InChI is InChI=1S/C15H15NO6S/c1-10-14(7-13(21-10)15(17)18)23(19,20)16-8-12(9-16)22-11-5-3-2-4-6-11/h2-7,12H,8-9H2,1H3,(H,17,18). The van der Waals surface area contributed by atoms with Crippen molar-refractivity contribution in [1.82, 2.24) is 4.31 Å². The lowest BCUT2D eigenvalue weighted by atomic mass is 10.2. The first-order valence-corrected chi connectivity index (χ1v) is 8.37. The van der Waals surface area contributed by atoms with Crippen LogP contribution in [0, 0.1) is 6.92 Å². The second-order valence-corrected chi connectivity index (χ2v) is 7.12. The first-order valence-electron chi connectivity index (χ1n) is 6.93. The summed E-state index contributed by atoms with van der Waals surface area (Å²) in [4.78, 5) is 10.8. The van der Waals surface area contributed by atoms with Gasteiger partial charge in [-0.1, -0.05) is 18.2 Å². The molecule has 1 fully saturated rings. The van der Waals surface area contributed by atoms with Crippen LogP contribution in [-0.2, 0) is 10.0 Å². The number of benzene rings is 1. The Morgan fingerprint density at radius 2 is 1.96 bits per heavy atom. The Balaban J connectivity index is 1.70. The normalized spacial score (nSPS) is 16.0. The lowest BCUT2D eigenvalue weighted by Crippen LogP contribution is -2.55. The van der Waals surface area contributed by atoms with Gasteiger partial charge in [-0.3, -0.25) is 0 Å². The summed E-state index contributed by atoms with van der Waals surface area (Å²) in [6.07, 6.45) is -0.224. The van der Waals surface area contributed by atoms with Gasteiger partial charge in [-0.15, -0.1) is 0 Å². The highest BCUT2D eigenvalue weighted by atomic mass is 32.2. The molecule has 0 bridgehead atoms. The summed E-state index contributed by atoms with van der Waals surface area (Å²) < 4.78 is 36.8. The van der Waals surface area contributed by atoms with Crippen LogP contribution in [0.25, 0.3) is 0 Å². The molecule has 8 heteroatoms. The van der Waals surface area contributed by atoms with Gasteiger partial charge in [-0.2, -0.15) is 4.31 Å². The predicted octanol–water partition coefficient (Wildman–Crippen LogP) is 1.74. The van der Waals surface area contributed by atoms with Crippen molar-refractivity contribution in [3.63, 3.8) is 0 Å². The maximum Gasteiger partial charge on any atom is 0.371 e. The van der Waals surface area contributed by atoms with Crippen LogP contribution in [0.2, 0.25) is 0 Å². The largest absolute Gasteiger partial charge is 0.488 e. The fourth-order valence-electron chi connectivity index (χ4n) is 2.33. The molecule has 1 saturated heterocycles. The van der Waals surface area contributed by atoms with Crippen LogP contribution in [-0.4, -0.2) is 43.0 Å². The molecule has 0 aliphatic carbocycles. The van der Waals surface area contributed by atoms with E-state index in [1.807, 2.05) is 18.2 Å². The zero-order chi connectivity index (χ0) is 16.6. The number of rotatable bonds is 5.